The second-order valence-electron chi connectivity index (χ2n) is 2.93. The molecule has 0 saturated carbocycles. The quantitative estimate of drug-likeness (QED) is 0.841. The number of aromatic amines is 1. The van der Waals surface area contributed by atoms with Gasteiger partial charge in [0.2, 0.25) is 5.88 Å². The molecule has 1 aromatic heterocycles. The van der Waals surface area contributed by atoms with E-state index < -0.39 is 34.4 Å². The lowest BCUT2D eigenvalue weighted by molar-refractivity contribution is -0.300. The van der Waals surface area contributed by atoms with Gasteiger partial charge in [-0.1, -0.05) is 0 Å². The molecule has 1 rings (SSSR count). The predicted octanol–water partition coefficient (Wildman–Crippen LogP) is 2.40. The van der Waals surface area contributed by atoms with Crippen molar-refractivity contribution in [3.8, 4) is 5.88 Å². The van der Waals surface area contributed by atoms with Crippen LogP contribution in [0.15, 0.2) is 15.6 Å². The molecule has 11 heteroatoms. The second-order valence-corrected chi connectivity index (χ2v) is 3.72. The Morgan fingerprint density at radius 2 is 1.72 bits per heavy atom. The van der Waals surface area contributed by atoms with Crippen LogP contribution in [0.25, 0.3) is 0 Å². The number of nitrogens with zero attached hydrogens (tertiary/aromatic N) is 1. The van der Waals surface area contributed by atoms with Crippen molar-refractivity contribution in [2.75, 3.05) is 0 Å². The van der Waals surface area contributed by atoms with Crippen LogP contribution < -0.4 is 10.3 Å². The van der Waals surface area contributed by atoms with Crippen molar-refractivity contribution in [1.82, 2.24) is 9.97 Å². The number of nitrogens with one attached hydrogen (secondary N) is 1. The highest BCUT2D eigenvalue weighted by molar-refractivity contribution is 9.10. The van der Waals surface area contributed by atoms with Crippen LogP contribution >= 0.6 is 15.9 Å². The van der Waals surface area contributed by atoms with E-state index in [1.165, 1.54) is 0 Å². The number of hydrogen-bond acceptors (Lipinski definition) is 3. The minimum Gasteiger partial charge on any atom is -0.454 e. The summed E-state index contributed by atoms with van der Waals surface area (Å²) in [5.41, 5.74) is -0.969. The monoisotopic (exact) mass is 340 g/mol. The summed E-state index contributed by atoms with van der Waals surface area (Å²) in [7, 11) is 0. The molecule has 0 saturated heterocycles. The van der Waals surface area contributed by atoms with Crippen molar-refractivity contribution >= 4 is 15.9 Å². The fraction of sp³-hybridized carbons (Fsp3) is 0.429. The molecule has 0 radical (unpaired) electrons. The normalized spacial score (nSPS) is 12.9. The molecule has 0 aliphatic rings. The maximum Gasteiger partial charge on any atom is 0.434 e. The van der Waals surface area contributed by atoms with Crippen molar-refractivity contribution in [3.05, 3.63) is 21.2 Å². The van der Waals surface area contributed by atoms with Gasteiger partial charge in [0.25, 0.3) is 11.7 Å². The summed E-state index contributed by atoms with van der Waals surface area (Å²) < 4.78 is 76.0. The Bertz CT molecular complexity index is 468. The van der Waals surface area contributed by atoms with E-state index in [1.54, 1.807) is 0 Å². The lowest BCUT2D eigenvalue weighted by atomic mass is 10.3. The van der Waals surface area contributed by atoms with Gasteiger partial charge in [-0.15, -0.1) is 0 Å². The minimum atomic E-state index is -5.68. The van der Waals surface area contributed by atoms with Crippen LogP contribution in [-0.4, -0.2) is 28.4 Å². The number of halogens is 7. The molecule has 1 N–H and O–H groups in total. The second kappa shape index (κ2) is 4.78. The Hall–Kier alpha value is -1.26. The zero-order valence-corrected chi connectivity index (χ0v) is 9.65. The number of hydrogen-bond donors (Lipinski definition) is 1. The lowest BCUT2D eigenvalue weighted by Gasteiger charge is -2.23. The average Bonchev–Trinajstić information content (AvgIpc) is 2.16. The van der Waals surface area contributed by atoms with Gasteiger partial charge in [-0.25, -0.2) is 4.98 Å². The first-order valence-corrected chi connectivity index (χ1v) is 4.86. The van der Waals surface area contributed by atoms with Gasteiger partial charge in [-0.05, 0) is 15.9 Å². The van der Waals surface area contributed by atoms with Crippen LogP contribution in [0.2, 0.25) is 0 Å². The van der Waals surface area contributed by atoms with E-state index in [-0.39, 0.29) is 0 Å². The maximum atomic E-state index is 12.2. The van der Waals surface area contributed by atoms with Crippen LogP contribution in [0.1, 0.15) is 0 Å². The van der Waals surface area contributed by atoms with Crippen LogP contribution in [0, 0.1) is 0 Å². The SMILES string of the molecule is O=c1[nH]cnc(OC(C(F)(F)F)C(F)(F)F)c1Br. The van der Waals surface area contributed by atoms with Crippen molar-refractivity contribution in [2.45, 2.75) is 18.5 Å². The Kier molecular flexibility index (Phi) is 3.93. The lowest BCUT2D eigenvalue weighted by Crippen LogP contribution is -2.47. The highest BCUT2D eigenvalue weighted by Crippen LogP contribution is 2.36. The molecule has 102 valence electrons. The molecule has 0 amide bonds. The molecular formula is C7H3BrF6N2O2. The van der Waals surface area contributed by atoms with Gasteiger partial charge >= 0.3 is 12.4 Å². The third kappa shape index (κ3) is 3.37. The first-order valence-electron chi connectivity index (χ1n) is 4.06. The smallest absolute Gasteiger partial charge is 0.434 e. The standard InChI is InChI=1S/C7H3BrF6N2O2/c8-2-3(17)15-1-16-4(2)18-5(6(9,10)11)7(12,13)14/h1,5H,(H,15,16,17). The fourth-order valence-electron chi connectivity index (χ4n) is 0.880. The minimum absolute atomic E-state index is 0.617. The van der Waals surface area contributed by atoms with Crippen molar-refractivity contribution in [1.29, 1.82) is 0 Å². The molecule has 1 heterocycles. The third-order valence-electron chi connectivity index (χ3n) is 1.59. The van der Waals surface area contributed by atoms with E-state index in [4.69, 9.17) is 0 Å². The first-order chi connectivity index (χ1) is 8.03. The molecule has 0 aliphatic carbocycles. The molecule has 0 fully saturated rings. The third-order valence-corrected chi connectivity index (χ3v) is 2.29. The number of ether oxygens (including phenoxy) is 1. The van der Waals surface area contributed by atoms with Crippen LogP contribution in [0.4, 0.5) is 26.3 Å². The van der Waals surface area contributed by atoms with Crippen molar-refractivity contribution in [2.24, 2.45) is 0 Å². The molecular weight excluding hydrogens is 338 g/mol. The number of rotatable bonds is 2. The Balaban J connectivity index is 3.13. The fourth-order valence-corrected chi connectivity index (χ4v) is 1.19. The summed E-state index contributed by atoms with van der Waals surface area (Å²) in [4.78, 5) is 16.0. The topological polar surface area (TPSA) is 55.0 Å². The molecule has 0 aromatic carbocycles. The Labute approximate surface area is 103 Å². The summed E-state index contributed by atoms with van der Waals surface area (Å²) in [6, 6.07) is 0. The van der Waals surface area contributed by atoms with Crippen molar-refractivity contribution < 1.29 is 31.1 Å². The predicted molar refractivity (Wildman–Crippen MR) is 49.1 cm³/mol. The summed E-state index contributed by atoms with van der Waals surface area (Å²) in [6.07, 6.45) is -14.8. The summed E-state index contributed by atoms with van der Waals surface area (Å²) in [5.74, 6) is -1.10. The van der Waals surface area contributed by atoms with Crippen molar-refractivity contribution in [3.63, 3.8) is 0 Å². The van der Waals surface area contributed by atoms with Crippen LogP contribution in [0.5, 0.6) is 5.88 Å². The largest absolute Gasteiger partial charge is 0.454 e. The van der Waals surface area contributed by atoms with Gasteiger partial charge in [-0.3, -0.25) is 4.79 Å². The van der Waals surface area contributed by atoms with Gasteiger partial charge in [0.05, 0.1) is 6.33 Å². The van der Waals surface area contributed by atoms with Gasteiger partial charge in [0.15, 0.2) is 0 Å². The molecule has 4 nitrogen and oxygen atoms in total. The van der Waals surface area contributed by atoms with Crippen LogP contribution in [0.3, 0.4) is 0 Å². The molecule has 18 heavy (non-hydrogen) atoms. The molecule has 0 unspecified atom stereocenters. The average molecular weight is 341 g/mol. The summed E-state index contributed by atoms with van der Waals surface area (Å²) in [6.45, 7) is 0. The molecule has 1 aromatic rings. The van der Waals surface area contributed by atoms with E-state index in [9.17, 15) is 31.1 Å². The number of H-pyrrole nitrogens is 1. The van der Waals surface area contributed by atoms with Gasteiger partial charge < -0.3 is 9.72 Å². The van der Waals surface area contributed by atoms with E-state index in [0.717, 1.165) is 0 Å². The highest BCUT2D eigenvalue weighted by Gasteiger charge is 2.59. The van der Waals surface area contributed by atoms with E-state index in [1.807, 2.05) is 4.98 Å². The van der Waals surface area contributed by atoms with Gasteiger partial charge in [-0.2, -0.15) is 26.3 Å². The first kappa shape index (κ1) is 14.8. The zero-order chi connectivity index (χ0) is 14.1. The van der Waals surface area contributed by atoms with E-state index >= 15 is 0 Å². The molecule has 0 aliphatic heterocycles. The number of aromatic nitrogens is 2. The molecule has 0 bridgehead atoms. The van der Waals surface area contributed by atoms with E-state index in [0.29, 0.717) is 6.33 Å². The highest BCUT2D eigenvalue weighted by atomic mass is 79.9. The molecule has 0 spiro atoms. The van der Waals surface area contributed by atoms with Crippen LogP contribution in [-0.2, 0) is 0 Å². The summed E-state index contributed by atoms with van der Waals surface area (Å²) >= 11 is 2.48. The Morgan fingerprint density at radius 3 is 2.17 bits per heavy atom. The Morgan fingerprint density at radius 1 is 1.22 bits per heavy atom. The van der Waals surface area contributed by atoms with E-state index in [2.05, 4.69) is 25.7 Å². The van der Waals surface area contributed by atoms with Gasteiger partial charge in [0.1, 0.15) is 4.47 Å². The zero-order valence-electron chi connectivity index (χ0n) is 8.06. The summed E-state index contributed by atoms with van der Waals surface area (Å²) in [5, 5.41) is 0. The molecule has 0 atom stereocenters. The maximum absolute atomic E-state index is 12.2. The number of alkyl halides is 6. The van der Waals surface area contributed by atoms with Gasteiger partial charge in [0, 0.05) is 0 Å².